The Hall–Kier alpha value is -1.64. The number of carbonyl (C=O) groups is 1. The van der Waals surface area contributed by atoms with Crippen molar-refractivity contribution in [3.63, 3.8) is 0 Å². The molecule has 0 amide bonds. The van der Waals surface area contributed by atoms with Crippen LogP contribution in [0.15, 0.2) is 29.8 Å². The summed E-state index contributed by atoms with van der Waals surface area (Å²) < 4.78 is 18.8. The third kappa shape index (κ3) is 4.69. The smallest absolute Gasteiger partial charge is 0.126 e. The number of rotatable bonds is 7. The third-order valence-corrected chi connectivity index (χ3v) is 3.78. The van der Waals surface area contributed by atoms with E-state index in [4.69, 9.17) is 4.74 Å². The lowest BCUT2D eigenvalue weighted by Gasteiger charge is -2.32. The largest absolute Gasteiger partial charge is 0.496 e. The van der Waals surface area contributed by atoms with Crippen molar-refractivity contribution < 1.29 is 13.9 Å². The molecule has 0 radical (unpaired) electrons. The highest BCUT2D eigenvalue weighted by atomic mass is 19.1. The molecular weight excluding hydrogens is 267 g/mol. The summed E-state index contributed by atoms with van der Waals surface area (Å²) in [6, 6.07) is 4.62. The van der Waals surface area contributed by atoms with Crippen molar-refractivity contribution in [2.45, 2.75) is 46.0 Å². The molecule has 0 aliphatic heterocycles. The van der Waals surface area contributed by atoms with Crippen LogP contribution in [0.5, 0.6) is 5.75 Å². The van der Waals surface area contributed by atoms with E-state index in [0.29, 0.717) is 12.2 Å². The summed E-state index contributed by atoms with van der Waals surface area (Å²) in [7, 11) is 1.54. The molecule has 0 aliphatic rings. The Labute approximate surface area is 127 Å². The summed E-state index contributed by atoms with van der Waals surface area (Å²) in [6.45, 7) is 8.10. The van der Waals surface area contributed by atoms with E-state index in [2.05, 4.69) is 13.0 Å². The summed E-state index contributed by atoms with van der Waals surface area (Å²) in [4.78, 5) is 11.1. The molecule has 1 aromatic rings. The Balaban J connectivity index is 3.28. The zero-order chi connectivity index (χ0) is 16.0. The van der Waals surface area contributed by atoms with E-state index in [1.54, 1.807) is 13.2 Å². The molecular formula is C18H25FO2. The highest BCUT2D eigenvalue weighted by Gasteiger charge is 2.30. The van der Waals surface area contributed by atoms with Crippen LogP contribution in [0.3, 0.4) is 0 Å². The number of allylic oxidation sites excluding steroid dienone is 2. The second-order valence-corrected chi connectivity index (χ2v) is 6.21. The van der Waals surface area contributed by atoms with Gasteiger partial charge < -0.3 is 9.53 Å². The first-order chi connectivity index (χ1) is 9.82. The van der Waals surface area contributed by atoms with Gasteiger partial charge in [0, 0.05) is 23.0 Å². The van der Waals surface area contributed by atoms with Gasteiger partial charge >= 0.3 is 0 Å². The van der Waals surface area contributed by atoms with Crippen LogP contribution in [0.25, 0.3) is 0 Å². The monoisotopic (exact) mass is 292 g/mol. The zero-order valence-corrected chi connectivity index (χ0v) is 13.6. The summed E-state index contributed by atoms with van der Waals surface area (Å²) in [5.74, 6) is 0.164. The first-order valence-corrected chi connectivity index (χ1v) is 7.25. The second-order valence-electron chi connectivity index (χ2n) is 6.21. The summed E-state index contributed by atoms with van der Waals surface area (Å²) in [6.07, 6.45) is 4.61. The van der Waals surface area contributed by atoms with Gasteiger partial charge in [-0.3, -0.25) is 0 Å². The van der Waals surface area contributed by atoms with Crippen LogP contribution in [0.2, 0.25) is 0 Å². The number of ether oxygens (including phenoxy) is 1. The Bertz CT molecular complexity index is 518. The second kappa shape index (κ2) is 7.39. The highest BCUT2D eigenvalue weighted by Crippen LogP contribution is 2.40. The van der Waals surface area contributed by atoms with Crippen LogP contribution < -0.4 is 4.74 Å². The highest BCUT2D eigenvalue weighted by molar-refractivity contribution is 5.53. The SMILES string of the molecule is COc1cc(F)ccc1C(C)(CC=C(C)C)CC(C)C=O. The Morgan fingerprint density at radius 1 is 1.43 bits per heavy atom. The summed E-state index contributed by atoms with van der Waals surface area (Å²) in [5.41, 5.74) is 1.90. The molecule has 3 heteroatoms. The molecule has 0 bridgehead atoms. The first kappa shape index (κ1) is 17.4. The average Bonchev–Trinajstić information content (AvgIpc) is 2.44. The lowest BCUT2D eigenvalue weighted by Crippen LogP contribution is -2.25. The maximum absolute atomic E-state index is 13.4. The maximum atomic E-state index is 13.4. The summed E-state index contributed by atoms with van der Waals surface area (Å²) in [5, 5.41) is 0. The van der Waals surface area contributed by atoms with Crippen molar-refractivity contribution in [2.75, 3.05) is 7.11 Å². The van der Waals surface area contributed by atoms with E-state index in [1.165, 1.54) is 17.7 Å². The van der Waals surface area contributed by atoms with E-state index in [9.17, 15) is 9.18 Å². The van der Waals surface area contributed by atoms with Crippen LogP contribution in [0.1, 0.15) is 46.1 Å². The fourth-order valence-corrected chi connectivity index (χ4v) is 2.66. The molecule has 1 rings (SSSR count). The Kier molecular flexibility index (Phi) is 6.13. The molecule has 0 saturated heterocycles. The van der Waals surface area contributed by atoms with Gasteiger partial charge in [0.1, 0.15) is 17.9 Å². The minimum Gasteiger partial charge on any atom is -0.496 e. The number of aldehydes is 1. The number of hydrogen-bond donors (Lipinski definition) is 0. The standard InChI is InChI=1S/C18H25FO2/c1-13(2)8-9-18(4,11-14(3)12-20)16-7-6-15(19)10-17(16)21-5/h6-8,10,12,14H,9,11H2,1-5H3. The van der Waals surface area contributed by atoms with Gasteiger partial charge in [-0.2, -0.15) is 0 Å². The lowest BCUT2D eigenvalue weighted by molar-refractivity contribution is -0.111. The molecule has 1 aromatic carbocycles. The number of carbonyl (C=O) groups excluding carboxylic acids is 1. The lowest BCUT2D eigenvalue weighted by atomic mass is 9.73. The topological polar surface area (TPSA) is 26.3 Å². The van der Waals surface area contributed by atoms with Crippen LogP contribution in [0, 0.1) is 11.7 Å². The molecule has 0 aromatic heterocycles. The van der Waals surface area contributed by atoms with Crippen molar-refractivity contribution in [1.29, 1.82) is 0 Å². The van der Waals surface area contributed by atoms with Gasteiger partial charge in [-0.1, -0.05) is 31.6 Å². The van der Waals surface area contributed by atoms with Crippen molar-refractivity contribution in [2.24, 2.45) is 5.92 Å². The third-order valence-electron chi connectivity index (χ3n) is 3.78. The molecule has 2 atom stereocenters. The van der Waals surface area contributed by atoms with Crippen molar-refractivity contribution in [1.82, 2.24) is 0 Å². The number of hydrogen-bond acceptors (Lipinski definition) is 2. The summed E-state index contributed by atoms with van der Waals surface area (Å²) >= 11 is 0. The predicted octanol–water partition coefficient (Wildman–Crippen LogP) is 4.67. The molecule has 0 N–H and O–H groups in total. The van der Waals surface area contributed by atoms with Gasteiger partial charge in [0.25, 0.3) is 0 Å². The van der Waals surface area contributed by atoms with E-state index in [-0.39, 0.29) is 17.2 Å². The minimum atomic E-state index is -0.316. The quantitative estimate of drug-likeness (QED) is 0.539. The van der Waals surface area contributed by atoms with E-state index in [0.717, 1.165) is 18.3 Å². The molecule has 116 valence electrons. The molecule has 0 aliphatic carbocycles. The zero-order valence-electron chi connectivity index (χ0n) is 13.6. The first-order valence-electron chi connectivity index (χ1n) is 7.25. The molecule has 0 saturated carbocycles. The molecule has 21 heavy (non-hydrogen) atoms. The number of halogens is 1. The van der Waals surface area contributed by atoms with Crippen LogP contribution in [-0.4, -0.2) is 13.4 Å². The Morgan fingerprint density at radius 3 is 2.62 bits per heavy atom. The van der Waals surface area contributed by atoms with Crippen molar-refractivity contribution in [3.8, 4) is 5.75 Å². The van der Waals surface area contributed by atoms with Crippen molar-refractivity contribution >= 4 is 6.29 Å². The number of benzene rings is 1. The average molecular weight is 292 g/mol. The van der Waals surface area contributed by atoms with Crippen molar-refractivity contribution in [3.05, 3.63) is 41.2 Å². The van der Waals surface area contributed by atoms with Gasteiger partial charge in [-0.25, -0.2) is 4.39 Å². The molecule has 0 heterocycles. The maximum Gasteiger partial charge on any atom is 0.126 e. The molecule has 2 nitrogen and oxygen atoms in total. The van der Waals surface area contributed by atoms with E-state index in [1.807, 2.05) is 20.8 Å². The van der Waals surface area contributed by atoms with Gasteiger partial charge in [-0.15, -0.1) is 0 Å². The van der Waals surface area contributed by atoms with Gasteiger partial charge in [-0.05, 0) is 32.8 Å². The predicted molar refractivity (Wildman–Crippen MR) is 84.2 cm³/mol. The van der Waals surface area contributed by atoms with Gasteiger partial charge in [0.2, 0.25) is 0 Å². The molecule has 0 spiro atoms. The fraction of sp³-hybridized carbons (Fsp3) is 0.500. The minimum absolute atomic E-state index is 0.0599. The van der Waals surface area contributed by atoms with E-state index < -0.39 is 0 Å². The van der Waals surface area contributed by atoms with Crippen LogP contribution in [0.4, 0.5) is 4.39 Å². The normalized spacial score (nSPS) is 15.0. The van der Waals surface area contributed by atoms with Crippen LogP contribution >= 0.6 is 0 Å². The molecule has 2 unspecified atom stereocenters. The van der Waals surface area contributed by atoms with Crippen LogP contribution in [-0.2, 0) is 10.2 Å². The number of methoxy groups -OCH3 is 1. The van der Waals surface area contributed by atoms with Gasteiger partial charge in [0.05, 0.1) is 7.11 Å². The fourth-order valence-electron chi connectivity index (χ4n) is 2.66. The van der Waals surface area contributed by atoms with Gasteiger partial charge in [0.15, 0.2) is 0 Å². The molecule has 0 fully saturated rings. The Morgan fingerprint density at radius 2 is 2.10 bits per heavy atom. The van der Waals surface area contributed by atoms with E-state index >= 15 is 0 Å².